The van der Waals surface area contributed by atoms with E-state index in [1.165, 1.54) is 24.8 Å². The Bertz CT molecular complexity index is 486. The van der Waals surface area contributed by atoms with Crippen molar-refractivity contribution in [3.63, 3.8) is 0 Å². The van der Waals surface area contributed by atoms with Gasteiger partial charge in [0.05, 0.1) is 0 Å². The van der Waals surface area contributed by atoms with Crippen LogP contribution in [-0.4, -0.2) is 30.9 Å². The van der Waals surface area contributed by atoms with E-state index < -0.39 is 0 Å². The van der Waals surface area contributed by atoms with Gasteiger partial charge in [-0.15, -0.1) is 0 Å². The predicted molar refractivity (Wildman–Crippen MR) is 85.0 cm³/mol. The molecule has 1 aromatic rings. The number of aliphatic hydroxyl groups excluding tert-OH is 1. The molecule has 0 amide bonds. The zero-order valence-corrected chi connectivity index (χ0v) is 13.2. The number of rotatable bonds is 5. The number of nitrogens with one attached hydrogen (secondary N) is 1. The molecule has 2 N–H and O–H groups in total. The van der Waals surface area contributed by atoms with Crippen molar-refractivity contribution in [3.8, 4) is 5.75 Å². The fraction of sp³-hybridized carbons (Fsp3) is 0.647. The third-order valence-corrected chi connectivity index (χ3v) is 5.12. The predicted octanol–water partition coefficient (Wildman–Crippen LogP) is 3.18. The molecule has 0 spiro atoms. The van der Waals surface area contributed by atoms with Gasteiger partial charge in [-0.2, -0.15) is 0 Å². The van der Waals surface area contributed by atoms with E-state index in [-0.39, 0.29) is 11.5 Å². The lowest BCUT2D eigenvalue weighted by atomic mass is 9.74. The van der Waals surface area contributed by atoms with Crippen molar-refractivity contribution in [1.82, 2.24) is 5.32 Å². The Morgan fingerprint density at radius 2 is 2.10 bits per heavy atom. The molecule has 1 saturated carbocycles. The summed E-state index contributed by atoms with van der Waals surface area (Å²) in [5.74, 6) is 0.959. The Kier molecular flexibility index (Phi) is 4.72. The molecule has 116 valence electrons. The topological polar surface area (TPSA) is 41.5 Å². The minimum Gasteiger partial charge on any atom is -0.488 e. The largest absolute Gasteiger partial charge is 0.488 e. The van der Waals surface area contributed by atoms with Crippen LogP contribution in [0.5, 0.6) is 5.75 Å². The average molecular weight is 310 g/mol. The van der Waals surface area contributed by atoms with E-state index in [1.807, 2.05) is 18.2 Å². The molecule has 3 nitrogen and oxygen atoms in total. The first-order valence-electron chi connectivity index (χ1n) is 7.97. The molecule has 4 heteroatoms. The van der Waals surface area contributed by atoms with Crippen LogP contribution in [0.15, 0.2) is 18.2 Å². The number of halogens is 1. The number of ether oxygens (including phenoxy) is 1. The van der Waals surface area contributed by atoms with E-state index in [0.717, 1.165) is 43.1 Å². The van der Waals surface area contributed by atoms with Crippen LogP contribution in [0.4, 0.5) is 0 Å². The van der Waals surface area contributed by atoms with Crippen molar-refractivity contribution in [2.24, 2.45) is 5.41 Å². The normalized spacial score (nSPS) is 23.6. The van der Waals surface area contributed by atoms with Crippen molar-refractivity contribution in [1.29, 1.82) is 0 Å². The van der Waals surface area contributed by atoms with Crippen molar-refractivity contribution < 1.29 is 9.84 Å². The first-order valence-corrected chi connectivity index (χ1v) is 8.35. The first kappa shape index (κ1) is 15.1. The zero-order chi connectivity index (χ0) is 14.7. The molecular formula is C17H24ClNO2. The summed E-state index contributed by atoms with van der Waals surface area (Å²) in [6.45, 7) is 2.01. The number of benzene rings is 1. The van der Waals surface area contributed by atoms with Crippen LogP contribution in [0.2, 0.25) is 5.02 Å². The van der Waals surface area contributed by atoms with Gasteiger partial charge in [0.25, 0.3) is 0 Å². The highest BCUT2D eigenvalue weighted by molar-refractivity contribution is 6.30. The lowest BCUT2D eigenvalue weighted by Crippen LogP contribution is -2.42. The van der Waals surface area contributed by atoms with Gasteiger partial charge in [-0.25, -0.2) is 0 Å². The van der Waals surface area contributed by atoms with Crippen molar-refractivity contribution in [2.45, 2.75) is 44.6 Å². The summed E-state index contributed by atoms with van der Waals surface area (Å²) in [5.41, 5.74) is 1.29. The molecule has 2 aliphatic rings. The summed E-state index contributed by atoms with van der Waals surface area (Å²) in [5, 5.41) is 14.0. The van der Waals surface area contributed by atoms with Crippen LogP contribution in [0.25, 0.3) is 0 Å². The molecule has 0 saturated heterocycles. The summed E-state index contributed by atoms with van der Waals surface area (Å²) in [6, 6.07) is 5.82. The molecule has 0 radical (unpaired) electrons. The van der Waals surface area contributed by atoms with Crippen LogP contribution < -0.4 is 10.1 Å². The Morgan fingerprint density at radius 3 is 2.86 bits per heavy atom. The molecule has 1 aliphatic heterocycles. The van der Waals surface area contributed by atoms with Gasteiger partial charge in [0, 0.05) is 36.6 Å². The lowest BCUT2D eigenvalue weighted by molar-refractivity contribution is 0.0782. The van der Waals surface area contributed by atoms with Gasteiger partial charge >= 0.3 is 0 Å². The average Bonchev–Trinajstić information content (AvgIpc) is 2.90. The zero-order valence-electron chi connectivity index (χ0n) is 12.4. The van der Waals surface area contributed by atoms with Gasteiger partial charge in [-0.3, -0.25) is 0 Å². The van der Waals surface area contributed by atoms with Crippen LogP contribution in [0, 0.1) is 5.41 Å². The number of aliphatic hydroxyl groups is 1. The Balaban J connectivity index is 1.48. The monoisotopic (exact) mass is 309 g/mol. The smallest absolute Gasteiger partial charge is 0.123 e. The molecule has 3 rings (SSSR count). The highest BCUT2D eigenvalue weighted by Gasteiger charge is 2.31. The van der Waals surface area contributed by atoms with E-state index in [1.54, 1.807) is 0 Å². The third kappa shape index (κ3) is 3.53. The molecule has 1 fully saturated rings. The molecule has 0 aromatic heterocycles. The van der Waals surface area contributed by atoms with Crippen LogP contribution in [-0.2, 0) is 6.42 Å². The summed E-state index contributed by atoms with van der Waals surface area (Å²) in [6.07, 6.45) is 7.16. The maximum Gasteiger partial charge on any atom is 0.123 e. The molecule has 0 bridgehead atoms. The summed E-state index contributed by atoms with van der Waals surface area (Å²) >= 11 is 6.02. The van der Waals surface area contributed by atoms with Gasteiger partial charge in [0.2, 0.25) is 0 Å². The molecule has 1 aromatic carbocycles. The summed E-state index contributed by atoms with van der Waals surface area (Å²) in [4.78, 5) is 0. The number of fused-ring (bicyclic) bond motifs is 1. The van der Waals surface area contributed by atoms with Crippen molar-refractivity contribution >= 4 is 11.6 Å². The van der Waals surface area contributed by atoms with Gasteiger partial charge in [0.15, 0.2) is 0 Å². The van der Waals surface area contributed by atoms with E-state index >= 15 is 0 Å². The first-order chi connectivity index (χ1) is 10.2. The summed E-state index contributed by atoms with van der Waals surface area (Å²) < 4.78 is 5.93. The quantitative estimate of drug-likeness (QED) is 0.878. The van der Waals surface area contributed by atoms with Gasteiger partial charge in [-0.05, 0) is 36.6 Å². The fourth-order valence-electron chi connectivity index (χ4n) is 3.59. The molecule has 1 heterocycles. The van der Waals surface area contributed by atoms with E-state index in [4.69, 9.17) is 16.3 Å². The SMILES string of the molecule is OCC1(CNCC2Cc3cc(Cl)ccc3O2)CCCCC1. The van der Waals surface area contributed by atoms with Crippen LogP contribution in [0.1, 0.15) is 37.7 Å². The minimum absolute atomic E-state index is 0.0903. The van der Waals surface area contributed by atoms with Crippen molar-refractivity contribution in [2.75, 3.05) is 19.7 Å². The fourth-order valence-corrected chi connectivity index (χ4v) is 3.79. The Morgan fingerprint density at radius 1 is 1.29 bits per heavy atom. The van der Waals surface area contributed by atoms with Gasteiger partial charge in [0.1, 0.15) is 11.9 Å². The molecule has 1 atom stereocenters. The summed E-state index contributed by atoms with van der Waals surface area (Å²) in [7, 11) is 0. The minimum atomic E-state index is 0.0903. The highest BCUT2D eigenvalue weighted by atomic mass is 35.5. The maximum absolute atomic E-state index is 9.72. The highest BCUT2D eigenvalue weighted by Crippen LogP contribution is 2.35. The second kappa shape index (κ2) is 6.55. The second-order valence-corrected chi connectivity index (χ2v) is 6.98. The van der Waals surface area contributed by atoms with Crippen LogP contribution in [0.3, 0.4) is 0 Å². The number of hydrogen-bond donors (Lipinski definition) is 2. The Labute approximate surface area is 131 Å². The maximum atomic E-state index is 9.72. The van der Waals surface area contributed by atoms with E-state index in [9.17, 15) is 5.11 Å². The number of hydrogen-bond acceptors (Lipinski definition) is 3. The van der Waals surface area contributed by atoms with Crippen LogP contribution >= 0.6 is 11.6 Å². The van der Waals surface area contributed by atoms with E-state index in [0.29, 0.717) is 6.61 Å². The van der Waals surface area contributed by atoms with Gasteiger partial charge in [-0.1, -0.05) is 30.9 Å². The molecule has 1 aliphatic carbocycles. The molecule has 21 heavy (non-hydrogen) atoms. The van der Waals surface area contributed by atoms with E-state index in [2.05, 4.69) is 5.32 Å². The van der Waals surface area contributed by atoms with Crippen molar-refractivity contribution in [3.05, 3.63) is 28.8 Å². The lowest BCUT2D eigenvalue weighted by Gasteiger charge is -2.36. The molecule has 1 unspecified atom stereocenters. The molecular weight excluding hydrogens is 286 g/mol. The standard InChI is InChI=1S/C17H24ClNO2/c18-14-4-5-16-13(8-14)9-15(21-16)10-19-11-17(12-20)6-2-1-3-7-17/h4-5,8,15,19-20H,1-3,6-7,9-12H2. The third-order valence-electron chi connectivity index (χ3n) is 4.89. The van der Waals surface area contributed by atoms with Gasteiger partial charge < -0.3 is 15.2 Å². The second-order valence-electron chi connectivity index (χ2n) is 6.55. The Hall–Kier alpha value is -0.770.